The van der Waals surface area contributed by atoms with Crippen molar-refractivity contribution < 1.29 is 19.1 Å². The Kier molecular flexibility index (Phi) is 7.85. The first-order chi connectivity index (χ1) is 14.6. The van der Waals surface area contributed by atoms with Crippen molar-refractivity contribution in [2.24, 2.45) is 0 Å². The van der Waals surface area contributed by atoms with E-state index in [4.69, 9.17) is 9.47 Å². The Labute approximate surface area is 178 Å². The second kappa shape index (κ2) is 10.8. The second-order valence-electron chi connectivity index (χ2n) is 7.39. The van der Waals surface area contributed by atoms with Crippen molar-refractivity contribution in [1.82, 2.24) is 5.32 Å². The molecular weight excluding hydrogens is 380 g/mol. The van der Waals surface area contributed by atoms with Gasteiger partial charge in [-0.2, -0.15) is 0 Å². The number of hydrogen-bond donors (Lipinski definition) is 2. The fourth-order valence-electron chi connectivity index (χ4n) is 3.40. The Morgan fingerprint density at radius 2 is 1.90 bits per heavy atom. The van der Waals surface area contributed by atoms with E-state index >= 15 is 0 Å². The van der Waals surface area contributed by atoms with Crippen molar-refractivity contribution in [2.45, 2.75) is 51.7 Å². The summed E-state index contributed by atoms with van der Waals surface area (Å²) in [4.78, 5) is 25.5. The number of ether oxygens (including phenoxy) is 2. The number of hydrogen-bond acceptors (Lipinski definition) is 4. The van der Waals surface area contributed by atoms with Crippen LogP contribution >= 0.6 is 0 Å². The van der Waals surface area contributed by atoms with Gasteiger partial charge in [0, 0.05) is 13.2 Å². The molecule has 0 spiro atoms. The first kappa shape index (κ1) is 21.8. The van der Waals surface area contributed by atoms with Crippen LogP contribution in [0.4, 0.5) is 5.69 Å². The average Bonchev–Trinajstić information content (AvgIpc) is 3.30. The van der Waals surface area contributed by atoms with Crippen LogP contribution in [0, 0.1) is 0 Å². The molecule has 1 aliphatic rings. The summed E-state index contributed by atoms with van der Waals surface area (Å²) in [7, 11) is 0. The predicted molar refractivity (Wildman–Crippen MR) is 117 cm³/mol. The molecule has 0 saturated carbocycles. The highest BCUT2D eigenvalue weighted by Gasteiger charge is 2.22. The minimum absolute atomic E-state index is 0.0627. The van der Waals surface area contributed by atoms with E-state index in [-0.39, 0.29) is 17.9 Å². The van der Waals surface area contributed by atoms with Crippen molar-refractivity contribution in [3.05, 3.63) is 59.7 Å². The van der Waals surface area contributed by atoms with Gasteiger partial charge in [-0.05, 0) is 55.5 Å². The maximum Gasteiger partial charge on any atom is 0.265 e. The van der Waals surface area contributed by atoms with Gasteiger partial charge in [-0.1, -0.05) is 38.1 Å². The molecule has 2 aromatic carbocycles. The van der Waals surface area contributed by atoms with Gasteiger partial charge in [-0.3, -0.25) is 9.59 Å². The van der Waals surface area contributed by atoms with Crippen molar-refractivity contribution in [1.29, 1.82) is 0 Å². The zero-order valence-corrected chi connectivity index (χ0v) is 17.6. The van der Waals surface area contributed by atoms with E-state index in [9.17, 15) is 9.59 Å². The fourth-order valence-corrected chi connectivity index (χ4v) is 3.40. The summed E-state index contributed by atoms with van der Waals surface area (Å²) in [5.41, 5.74) is 2.10. The molecule has 0 bridgehead atoms. The summed E-state index contributed by atoms with van der Waals surface area (Å²) < 4.78 is 11.4. The van der Waals surface area contributed by atoms with Gasteiger partial charge in [0.2, 0.25) is 0 Å². The van der Waals surface area contributed by atoms with E-state index in [1.807, 2.05) is 31.2 Å². The summed E-state index contributed by atoms with van der Waals surface area (Å²) in [5.74, 6) is 0.138. The van der Waals surface area contributed by atoms with Crippen molar-refractivity contribution in [2.75, 3.05) is 18.5 Å². The first-order valence-corrected chi connectivity index (χ1v) is 10.7. The summed E-state index contributed by atoms with van der Waals surface area (Å²) in [6.45, 7) is 5.19. The lowest BCUT2D eigenvalue weighted by Gasteiger charge is -2.19. The second-order valence-corrected chi connectivity index (χ2v) is 7.39. The maximum atomic E-state index is 12.8. The molecule has 0 aliphatic carbocycles. The Bertz CT molecular complexity index is 845. The number of amides is 2. The van der Waals surface area contributed by atoms with E-state index in [2.05, 4.69) is 17.6 Å². The van der Waals surface area contributed by atoms with Crippen molar-refractivity contribution in [3.63, 3.8) is 0 Å². The number of carbonyl (C=O) groups is 2. The number of anilines is 1. The normalized spacial score (nSPS) is 16.7. The molecule has 1 heterocycles. The molecule has 30 heavy (non-hydrogen) atoms. The Hall–Kier alpha value is -2.86. The largest absolute Gasteiger partial charge is 0.481 e. The minimum Gasteiger partial charge on any atom is -0.481 e. The molecule has 6 heteroatoms. The highest BCUT2D eigenvalue weighted by atomic mass is 16.5. The van der Waals surface area contributed by atoms with Gasteiger partial charge in [0.1, 0.15) is 5.75 Å². The maximum absolute atomic E-state index is 12.8. The highest BCUT2D eigenvalue weighted by molar-refractivity contribution is 6.04. The molecule has 2 amide bonds. The number of aryl methyl sites for hydroxylation is 1. The Morgan fingerprint density at radius 3 is 2.57 bits per heavy atom. The fraction of sp³-hybridized carbons (Fsp3) is 0.417. The van der Waals surface area contributed by atoms with Crippen LogP contribution in [0.25, 0.3) is 0 Å². The lowest BCUT2D eigenvalue weighted by molar-refractivity contribution is -0.122. The third-order valence-electron chi connectivity index (χ3n) is 5.22. The molecule has 6 nitrogen and oxygen atoms in total. The van der Waals surface area contributed by atoms with Gasteiger partial charge < -0.3 is 20.1 Å². The lowest BCUT2D eigenvalue weighted by Crippen LogP contribution is -2.35. The van der Waals surface area contributed by atoms with Crippen LogP contribution in [0.1, 0.15) is 49.0 Å². The van der Waals surface area contributed by atoms with Crippen LogP contribution in [-0.4, -0.2) is 37.2 Å². The monoisotopic (exact) mass is 410 g/mol. The topological polar surface area (TPSA) is 76.7 Å². The van der Waals surface area contributed by atoms with Crippen molar-refractivity contribution in [3.8, 4) is 5.75 Å². The SMILES string of the molecule is CCc1ccc(O[C@H](CC)C(=O)Nc2ccccc2C(=O)NC[C@H]2CCCO2)cc1. The van der Waals surface area contributed by atoms with Crippen LogP contribution in [0.5, 0.6) is 5.75 Å². The Morgan fingerprint density at radius 1 is 1.13 bits per heavy atom. The lowest BCUT2D eigenvalue weighted by atomic mass is 10.1. The van der Waals surface area contributed by atoms with E-state index in [1.54, 1.807) is 24.3 Å². The van der Waals surface area contributed by atoms with Gasteiger partial charge in [0.15, 0.2) is 6.10 Å². The van der Waals surface area contributed by atoms with Crippen LogP contribution < -0.4 is 15.4 Å². The van der Waals surface area contributed by atoms with Crippen molar-refractivity contribution >= 4 is 17.5 Å². The number of carbonyl (C=O) groups excluding carboxylic acids is 2. The molecule has 1 fully saturated rings. The van der Waals surface area contributed by atoms with E-state index < -0.39 is 6.10 Å². The van der Waals surface area contributed by atoms with Gasteiger partial charge in [0.05, 0.1) is 17.4 Å². The summed E-state index contributed by atoms with van der Waals surface area (Å²) in [6.07, 6.45) is 2.84. The van der Waals surface area contributed by atoms with Crippen LogP contribution in [0.3, 0.4) is 0 Å². The Balaban J connectivity index is 1.63. The number of benzene rings is 2. The zero-order valence-electron chi connectivity index (χ0n) is 17.6. The first-order valence-electron chi connectivity index (χ1n) is 10.7. The molecular formula is C24H30N2O4. The minimum atomic E-state index is -0.652. The van der Waals surface area contributed by atoms with E-state index in [0.717, 1.165) is 25.9 Å². The van der Waals surface area contributed by atoms with Gasteiger partial charge >= 0.3 is 0 Å². The van der Waals surface area contributed by atoms with E-state index in [0.29, 0.717) is 30.0 Å². The van der Waals surface area contributed by atoms with Gasteiger partial charge in [-0.15, -0.1) is 0 Å². The molecule has 160 valence electrons. The smallest absolute Gasteiger partial charge is 0.265 e. The summed E-state index contributed by atoms with van der Waals surface area (Å²) in [5, 5.41) is 5.76. The third kappa shape index (κ3) is 5.83. The average molecular weight is 411 g/mol. The highest BCUT2D eigenvalue weighted by Crippen LogP contribution is 2.19. The molecule has 0 radical (unpaired) electrons. The standard InChI is InChI=1S/C24H30N2O4/c1-3-17-11-13-18(14-12-17)30-22(4-2)24(28)26-21-10-6-5-9-20(21)23(27)25-16-19-8-7-15-29-19/h5-6,9-14,19,22H,3-4,7-8,15-16H2,1-2H3,(H,25,27)(H,26,28)/t19-,22-/m1/s1. The van der Waals surface area contributed by atoms with Gasteiger partial charge in [-0.25, -0.2) is 0 Å². The van der Waals surface area contributed by atoms with E-state index in [1.165, 1.54) is 5.56 Å². The molecule has 0 aromatic heterocycles. The third-order valence-corrected chi connectivity index (χ3v) is 5.22. The summed E-state index contributed by atoms with van der Waals surface area (Å²) >= 11 is 0. The van der Waals surface area contributed by atoms with Crippen LogP contribution in [0.15, 0.2) is 48.5 Å². The summed E-state index contributed by atoms with van der Waals surface area (Å²) in [6, 6.07) is 14.7. The molecule has 0 unspecified atom stereocenters. The molecule has 2 N–H and O–H groups in total. The quantitative estimate of drug-likeness (QED) is 0.656. The zero-order chi connectivity index (χ0) is 21.3. The molecule has 2 aromatic rings. The van der Waals surface area contributed by atoms with Crippen LogP contribution in [0.2, 0.25) is 0 Å². The number of rotatable bonds is 9. The van der Waals surface area contributed by atoms with Gasteiger partial charge in [0.25, 0.3) is 11.8 Å². The molecule has 3 rings (SSSR count). The number of para-hydroxylation sites is 1. The predicted octanol–water partition coefficient (Wildman–Crippen LogP) is 3.95. The number of nitrogens with one attached hydrogen (secondary N) is 2. The molecule has 2 atom stereocenters. The molecule has 1 saturated heterocycles. The van der Waals surface area contributed by atoms with Crippen LogP contribution in [-0.2, 0) is 16.0 Å². The molecule has 1 aliphatic heterocycles.